The molecule has 1 aliphatic carbocycles. The van der Waals surface area contributed by atoms with Gasteiger partial charge in [0.25, 0.3) is 0 Å². The molecule has 4 heterocycles. The van der Waals surface area contributed by atoms with E-state index in [2.05, 4.69) is 47.6 Å². The Kier molecular flexibility index (Phi) is 7.73. The number of nitrogens with zero attached hydrogens (tertiary/aromatic N) is 2. The molecule has 0 N–H and O–H groups in total. The number of piperidine rings is 3. The fraction of sp³-hybridized carbons (Fsp3) is 0.484. The number of esters is 1. The molecular formula is C31H38ClN2O3+. The second kappa shape index (κ2) is 11.0. The second-order valence-corrected chi connectivity index (χ2v) is 11.3. The minimum Gasteiger partial charge on any atom is -0.455 e. The van der Waals surface area contributed by atoms with Crippen LogP contribution >= 0.6 is 12.4 Å². The van der Waals surface area contributed by atoms with Gasteiger partial charge in [0, 0.05) is 30.4 Å². The number of fused-ring (bicyclic) bond motifs is 3. The predicted octanol–water partition coefficient (Wildman–Crippen LogP) is 6.71. The van der Waals surface area contributed by atoms with Gasteiger partial charge in [0.15, 0.2) is 11.9 Å². The van der Waals surface area contributed by atoms with E-state index in [1.165, 1.54) is 12.8 Å². The number of ether oxygens (including phenoxy) is 1. The minimum absolute atomic E-state index is 0. The molecule has 6 heteroatoms. The Morgan fingerprint density at radius 1 is 0.946 bits per heavy atom. The smallest absolute Gasteiger partial charge is 0.317 e. The van der Waals surface area contributed by atoms with E-state index in [0.29, 0.717) is 5.92 Å². The molecule has 0 radical (unpaired) electrons. The molecule has 196 valence electrons. The number of hydrogen-bond acceptors (Lipinski definition) is 4. The molecule has 1 saturated carbocycles. The summed E-state index contributed by atoms with van der Waals surface area (Å²) in [5, 5.41) is 4.34. The van der Waals surface area contributed by atoms with E-state index in [1.807, 2.05) is 24.3 Å². The lowest BCUT2D eigenvalue weighted by atomic mass is 9.74. The van der Waals surface area contributed by atoms with Gasteiger partial charge in [-0.25, -0.2) is 0 Å². The van der Waals surface area contributed by atoms with Crippen LogP contribution < -0.4 is 0 Å². The van der Waals surface area contributed by atoms with Gasteiger partial charge in [0.05, 0.1) is 18.5 Å². The second-order valence-electron chi connectivity index (χ2n) is 11.3. The van der Waals surface area contributed by atoms with Crippen LogP contribution in [0.3, 0.4) is 0 Å². The molecule has 1 aromatic heterocycles. The third kappa shape index (κ3) is 5.21. The van der Waals surface area contributed by atoms with Crippen LogP contribution in [-0.4, -0.2) is 41.3 Å². The van der Waals surface area contributed by atoms with Crippen molar-refractivity contribution in [2.24, 2.45) is 5.92 Å². The van der Waals surface area contributed by atoms with Gasteiger partial charge in [-0.15, -0.1) is 12.4 Å². The largest absolute Gasteiger partial charge is 0.455 e. The number of hydrogen-bond donors (Lipinski definition) is 0. The summed E-state index contributed by atoms with van der Waals surface area (Å²) in [6.07, 6.45) is 8.58. The van der Waals surface area contributed by atoms with E-state index >= 15 is 0 Å². The summed E-state index contributed by atoms with van der Waals surface area (Å²) in [5.74, 6) is 1.41. The van der Waals surface area contributed by atoms with Crippen LogP contribution in [0.15, 0.2) is 71.3 Å². The summed E-state index contributed by atoms with van der Waals surface area (Å²) in [6.45, 7) is 3.92. The molecule has 2 bridgehead atoms. The van der Waals surface area contributed by atoms with E-state index < -0.39 is 5.41 Å². The highest BCUT2D eigenvalue weighted by Crippen LogP contribution is 2.42. The van der Waals surface area contributed by atoms with Crippen molar-refractivity contribution < 1.29 is 18.5 Å². The van der Waals surface area contributed by atoms with Crippen LogP contribution in [0.2, 0.25) is 0 Å². The molecule has 7 rings (SSSR count). The molecule has 3 saturated heterocycles. The van der Waals surface area contributed by atoms with E-state index in [-0.39, 0.29) is 24.5 Å². The molecule has 0 unspecified atom stereocenters. The Morgan fingerprint density at radius 2 is 1.59 bits per heavy atom. The molecule has 4 aliphatic rings. The Balaban J connectivity index is 0.00000280. The normalized spacial score (nSPS) is 26.6. The first-order chi connectivity index (χ1) is 17.7. The number of rotatable bonds is 6. The summed E-state index contributed by atoms with van der Waals surface area (Å²) < 4.78 is 13.2. The van der Waals surface area contributed by atoms with Gasteiger partial charge >= 0.3 is 5.97 Å². The summed E-state index contributed by atoms with van der Waals surface area (Å²) in [6, 6.07) is 22.7. The van der Waals surface area contributed by atoms with Gasteiger partial charge in [0.2, 0.25) is 0 Å². The molecule has 3 aromatic rings. The standard InChI is InChI=1S/C31H37N2O3.ClH/c34-30(31(17-9-1-2-10-18-31)26-13-7-4-8-14-26)35-29-23-33(19-15-25(29)16-20-33)22-27-21-28(32-36-27)24-11-5-3-6-12-24;/h3-8,11-14,21,25,29H,1-2,9-10,15-20,22-23H2;1H/q+1;/t25?,29-,33?;/m0./s1. The van der Waals surface area contributed by atoms with Gasteiger partial charge in [-0.3, -0.25) is 4.79 Å². The van der Waals surface area contributed by atoms with Crippen LogP contribution in [0.4, 0.5) is 0 Å². The third-order valence-corrected chi connectivity index (χ3v) is 9.09. The van der Waals surface area contributed by atoms with Crippen LogP contribution in [0, 0.1) is 5.92 Å². The first-order valence-electron chi connectivity index (χ1n) is 13.8. The number of halogens is 1. The molecule has 37 heavy (non-hydrogen) atoms. The number of carbonyl (C=O) groups excluding carboxylic acids is 1. The van der Waals surface area contributed by atoms with Crippen molar-refractivity contribution in [1.82, 2.24) is 5.16 Å². The predicted molar refractivity (Wildman–Crippen MR) is 146 cm³/mol. The van der Waals surface area contributed by atoms with Gasteiger partial charge in [-0.2, -0.15) is 0 Å². The molecular weight excluding hydrogens is 484 g/mol. The van der Waals surface area contributed by atoms with Crippen molar-refractivity contribution in [3.05, 3.63) is 78.1 Å². The topological polar surface area (TPSA) is 52.3 Å². The maximum atomic E-state index is 14.0. The third-order valence-electron chi connectivity index (χ3n) is 9.09. The van der Waals surface area contributed by atoms with E-state index in [9.17, 15) is 4.79 Å². The van der Waals surface area contributed by atoms with Gasteiger partial charge in [-0.05, 0) is 18.4 Å². The number of benzene rings is 2. The zero-order valence-corrected chi connectivity index (χ0v) is 22.3. The number of carbonyl (C=O) groups is 1. The average molecular weight is 522 g/mol. The summed E-state index contributed by atoms with van der Waals surface area (Å²) >= 11 is 0. The van der Waals surface area contributed by atoms with Gasteiger partial charge < -0.3 is 13.7 Å². The molecule has 4 fully saturated rings. The van der Waals surface area contributed by atoms with E-state index in [1.54, 1.807) is 0 Å². The van der Waals surface area contributed by atoms with Crippen molar-refractivity contribution >= 4 is 18.4 Å². The van der Waals surface area contributed by atoms with Crippen molar-refractivity contribution in [2.75, 3.05) is 19.6 Å². The monoisotopic (exact) mass is 521 g/mol. The Bertz CT molecular complexity index is 1160. The van der Waals surface area contributed by atoms with Gasteiger partial charge in [-0.1, -0.05) is 91.5 Å². The van der Waals surface area contributed by atoms with Crippen LogP contribution in [0.25, 0.3) is 11.3 Å². The maximum absolute atomic E-state index is 14.0. The first-order valence-corrected chi connectivity index (χ1v) is 13.8. The zero-order valence-electron chi connectivity index (χ0n) is 21.5. The zero-order chi connectivity index (χ0) is 24.4. The SMILES string of the molecule is Cl.O=C(O[C@H]1C[N+]2(Cc3cc(-c4ccccc4)no3)CCC1CC2)C1(c2ccccc2)CCCCCC1. The van der Waals surface area contributed by atoms with Crippen molar-refractivity contribution in [3.63, 3.8) is 0 Å². The Morgan fingerprint density at radius 3 is 2.27 bits per heavy atom. The Hall–Kier alpha value is -2.63. The highest BCUT2D eigenvalue weighted by Gasteiger charge is 2.50. The fourth-order valence-corrected chi connectivity index (χ4v) is 6.99. The van der Waals surface area contributed by atoms with E-state index in [4.69, 9.17) is 9.26 Å². The number of quaternary nitrogens is 1. The molecule has 1 atom stereocenters. The van der Waals surface area contributed by atoms with Crippen molar-refractivity contribution in [1.29, 1.82) is 0 Å². The maximum Gasteiger partial charge on any atom is 0.317 e. The van der Waals surface area contributed by atoms with Crippen molar-refractivity contribution in [2.45, 2.75) is 69.4 Å². The first kappa shape index (κ1) is 26.0. The van der Waals surface area contributed by atoms with Crippen molar-refractivity contribution in [3.8, 4) is 11.3 Å². The lowest BCUT2D eigenvalue weighted by molar-refractivity contribution is -0.959. The van der Waals surface area contributed by atoms with Crippen LogP contribution in [0.5, 0.6) is 0 Å². The average Bonchev–Trinajstić information content (AvgIpc) is 3.23. The highest BCUT2D eigenvalue weighted by atomic mass is 35.5. The minimum atomic E-state index is -0.496. The highest BCUT2D eigenvalue weighted by molar-refractivity contribution is 5.85. The molecule has 3 aliphatic heterocycles. The van der Waals surface area contributed by atoms with Crippen LogP contribution in [0.1, 0.15) is 62.7 Å². The summed E-state index contributed by atoms with van der Waals surface area (Å²) in [7, 11) is 0. The quantitative estimate of drug-likeness (QED) is 0.205. The number of aromatic nitrogens is 1. The van der Waals surface area contributed by atoms with Crippen LogP contribution in [-0.2, 0) is 21.5 Å². The lowest BCUT2D eigenvalue weighted by Gasteiger charge is -2.52. The Labute approximate surface area is 226 Å². The molecule has 2 aromatic carbocycles. The summed E-state index contributed by atoms with van der Waals surface area (Å²) in [5.41, 5.74) is 2.60. The molecule has 0 spiro atoms. The molecule has 0 amide bonds. The van der Waals surface area contributed by atoms with E-state index in [0.717, 1.165) is 91.8 Å². The fourth-order valence-electron chi connectivity index (χ4n) is 6.99. The summed E-state index contributed by atoms with van der Waals surface area (Å²) in [4.78, 5) is 14.0. The molecule has 5 nitrogen and oxygen atoms in total. The lowest BCUT2D eigenvalue weighted by Crippen LogP contribution is -2.64. The van der Waals surface area contributed by atoms with Gasteiger partial charge in [0.1, 0.15) is 18.8 Å².